The third-order valence-electron chi connectivity index (χ3n) is 3.66. The molecule has 112 valence electrons. The number of hydrogen-bond acceptors (Lipinski definition) is 1. The summed E-state index contributed by atoms with van der Waals surface area (Å²) >= 11 is 5.98. The first kappa shape index (κ1) is 16.0. The van der Waals surface area contributed by atoms with Crippen molar-refractivity contribution in [2.75, 3.05) is 0 Å². The molecule has 0 aromatic heterocycles. The Bertz CT molecular complexity index is 614. The van der Waals surface area contributed by atoms with Gasteiger partial charge in [-0.3, -0.25) is 0 Å². The summed E-state index contributed by atoms with van der Waals surface area (Å²) in [6, 6.07) is 12.8. The minimum absolute atomic E-state index is 0.122. The molecule has 2 aromatic carbocycles. The molecule has 3 heteroatoms. The fourth-order valence-electron chi connectivity index (χ4n) is 2.31. The van der Waals surface area contributed by atoms with Crippen molar-refractivity contribution >= 4 is 11.6 Å². The van der Waals surface area contributed by atoms with Crippen LogP contribution in [0.4, 0.5) is 4.39 Å². The number of nitrogens with two attached hydrogens (primary N) is 1. The normalized spacial score (nSPS) is 13.2. The van der Waals surface area contributed by atoms with Gasteiger partial charge in [0.25, 0.3) is 0 Å². The zero-order valence-corrected chi connectivity index (χ0v) is 13.4. The smallest absolute Gasteiger partial charge is 0.142 e. The van der Waals surface area contributed by atoms with E-state index >= 15 is 0 Å². The van der Waals surface area contributed by atoms with E-state index in [4.69, 9.17) is 17.3 Å². The van der Waals surface area contributed by atoms with Gasteiger partial charge in [-0.2, -0.15) is 0 Å². The van der Waals surface area contributed by atoms with E-state index in [9.17, 15) is 4.39 Å². The van der Waals surface area contributed by atoms with Crippen molar-refractivity contribution in [1.29, 1.82) is 0 Å². The molecule has 0 aliphatic carbocycles. The Morgan fingerprint density at radius 3 is 2.29 bits per heavy atom. The van der Waals surface area contributed by atoms with Crippen LogP contribution in [0, 0.1) is 5.82 Å². The maximum absolute atomic E-state index is 13.5. The van der Waals surface area contributed by atoms with Crippen LogP contribution in [0.2, 0.25) is 5.02 Å². The molecule has 2 rings (SSSR count). The van der Waals surface area contributed by atoms with Crippen LogP contribution in [-0.4, -0.2) is 0 Å². The molecule has 0 saturated heterocycles. The van der Waals surface area contributed by atoms with Crippen molar-refractivity contribution in [1.82, 2.24) is 0 Å². The van der Waals surface area contributed by atoms with Gasteiger partial charge in [-0.15, -0.1) is 0 Å². The van der Waals surface area contributed by atoms with E-state index in [1.165, 1.54) is 11.6 Å². The standard InChI is InChI=1S/C18H21ClFN/c1-18(2,3)13-9-7-12(8-10-13)11-16(21)14-5-4-6-15(20)17(14)19/h4-10,16H,11,21H2,1-3H3. The van der Waals surface area contributed by atoms with E-state index in [0.717, 1.165) is 5.56 Å². The minimum Gasteiger partial charge on any atom is -0.324 e. The molecule has 0 aliphatic heterocycles. The molecule has 0 heterocycles. The van der Waals surface area contributed by atoms with Gasteiger partial charge in [0.2, 0.25) is 0 Å². The first-order valence-electron chi connectivity index (χ1n) is 7.08. The molecule has 0 bridgehead atoms. The third-order valence-corrected chi connectivity index (χ3v) is 4.06. The topological polar surface area (TPSA) is 26.0 Å². The number of hydrogen-bond donors (Lipinski definition) is 1. The summed E-state index contributed by atoms with van der Waals surface area (Å²) in [6.07, 6.45) is 0.633. The molecule has 0 saturated carbocycles. The van der Waals surface area contributed by atoms with Gasteiger partial charge in [-0.05, 0) is 34.6 Å². The highest BCUT2D eigenvalue weighted by Crippen LogP contribution is 2.27. The summed E-state index contributed by atoms with van der Waals surface area (Å²) in [5.74, 6) is -0.423. The molecular weight excluding hydrogens is 285 g/mol. The predicted octanol–water partition coefficient (Wildman–Crippen LogP) is 5.02. The monoisotopic (exact) mass is 305 g/mol. The van der Waals surface area contributed by atoms with Gasteiger partial charge < -0.3 is 5.73 Å². The molecular formula is C18H21ClFN. The Morgan fingerprint density at radius 2 is 1.71 bits per heavy atom. The van der Waals surface area contributed by atoms with Crippen LogP contribution in [0.3, 0.4) is 0 Å². The van der Waals surface area contributed by atoms with Crippen LogP contribution in [0.5, 0.6) is 0 Å². The average Bonchev–Trinajstić information content (AvgIpc) is 2.41. The Balaban J connectivity index is 2.16. The van der Waals surface area contributed by atoms with Gasteiger partial charge in [-0.1, -0.05) is 68.8 Å². The lowest BCUT2D eigenvalue weighted by atomic mass is 9.86. The van der Waals surface area contributed by atoms with Crippen molar-refractivity contribution in [3.63, 3.8) is 0 Å². The van der Waals surface area contributed by atoms with Gasteiger partial charge in [-0.25, -0.2) is 4.39 Å². The Morgan fingerprint density at radius 1 is 1.10 bits per heavy atom. The van der Waals surface area contributed by atoms with Gasteiger partial charge in [0.15, 0.2) is 0 Å². The van der Waals surface area contributed by atoms with Gasteiger partial charge in [0.05, 0.1) is 5.02 Å². The second kappa shape index (κ2) is 6.17. The van der Waals surface area contributed by atoms with E-state index in [2.05, 4.69) is 45.0 Å². The Kier molecular flexibility index (Phi) is 4.70. The third kappa shape index (κ3) is 3.84. The first-order chi connectivity index (χ1) is 9.79. The largest absolute Gasteiger partial charge is 0.324 e. The molecule has 2 N–H and O–H groups in total. The molecule has 0 radical (unpaired) electrons. The van der Waals surface area contributed by atoms with Crippen LogP contribution in [-0.2, 0) is 11.8 Å². The van der Waals surface area contributed by atoms with Crippen molar-refractivity contribution in [3.8, 4) is 0 Å². The van der Waals surface area contributed by atoms with E-state index in [0.29, 0.717) is 12.0 Å². The fraction of sp³-hybridized carbons (Fsp3) is 0.333. The fourth-order valence-corrected chi connectivity index (χ4v) is 2.58. The summed E-state index contributed by atoms with van der Waals surface area (Å²) in [6.45, 7) is 6.54. The lowest BCUT2D eigenvalue weighted by Gasteiger charge is -2.20. The SMILES string of the molecule is CC(C)(C)c1ccc(CC(N)c2cccc(F)c2Cl)cc1. The summed E-state index contributed by atoms with van der Waals surface area (Å²) in [4.78, 5) is 0. The maximum Gasteiger partial charge on any atom is 0.142 e. The van der Waals surface area contributed by atoms with E-state index in [1.807, 2.05) is 0 Å². The highest BCUT2D eigenvalue weighted by Gasteiger charge is 2.15. The number of halogens is 2. The lowest BCUT2D eigenvalue weighted by Crippen LogP contribution is -2.15. The lowest BCUT2D eigenvalue weighted by molar-refractivity contribution is 0.589. The molecule has 2 aromatic rings. The number of rotatable bonds is 3. The number of benzene rings is 2. The van der Waals surface area contributed by atoms with Crippen LogP contribution >= 0.6 is 11.6 Å². The van der Waals surface area contributed by atoms with Crippen LogP contribution in [0.15, 0.2) is 42.5 Å². The van der Waals surface area contributed by atoms with Crippen molar-refractivity contribution in [3.05, 3.63) is 70.0 Å². The zero-order valence-electron chi connectivity index (χ0n) is 12.7. The molecule has 0 spiro atoms. The van der Waals surface area contributed by atoms with E-state index in [-0.39, 0.29) is 16.5 Å². The molecule has 1 nitrogen and oxygen atoms in total. The predicted molar refractivity (Wildman–Crippen MR) is 87.2 cm³/mol. The Hall–Kier alpha value is -1.38. The zero-order chi connectivity index (χ0) is 15.6. The van der Waals surface area contributed by atoms with Gasteiger partial charge in [0.1, 0.15) is 5.82 Å². The highest BCUT2D eigenvalue weighted by molar-refractivity contribution is 6.31. The highest BCUT2D eigenvalue weighted by atomic mass is 35.5. The minimum atomic E-state index is -0.423. The maximum atomic E-state index is 13.5. The van der Waals surface area contributed by atoms with E-state index in [1.54, 1.807) is 12.1 Å². The second-order valence-electron chi connectivity index (χ2n) is 6.40. The summed E-state index contributed by atoms with van der Waals surface area (Å²) < 4.78 is 13.5. The molecule has 1 atom stereocenters. The molecule has 0 amide bonds. The summed E-state index contributed by atoms with van der Waals surface area (Å²) in [5.41, 5.74) is 9.35. The molecule has 21 heavy (non-hydrogen) atoms. The van der Waals surface area contributed by atoms with Crippen LogP contribution in [0.25, 0.3) is 0 Å². The van der Waals surface area contributed by atoms with Crippen molar-refractivity contribution < 1.29 is 4.39 Å². The van der Waals surface area contributed by atoms with Crippen LogP contribution in [0.1, 0.15) is 43.5 Å². The molecule has 0 aliphatic rings. The van der Waals surface area contributed by atoms with Crippen molar-refractivity contribution in [2.45, 2.75) is 38.6 Å². The summed E-state index contributed by atoms with van der Waals surface area (Å²) in [5, 5.41) is 0.122. The Labute approximate surface area is 130 Å². The molecule has 1 unspecified atom stereocenters. The second-order valence-corrected chi connectivity index (χ2v) is 6.78. The first-order valence-corrected chi connectivity index (χ1v) is 7.46. The van der Waals surface area contributed by atoms with Gasteiger partial charge >= 0.3 is 0 Å². The van der Waals surface area contributed by atoms with Crippen molar-refractivity contribution in [2.24, 2.45) is 5.73 Å². The van der Waals surface area contributed by atoms with Crippen LogP contribution < -0.4 is 5.73 Å². The van der Waals surface area contributed by atoms with Gasteiger partial charge in [0, 0.05) is 6.04 Å². The van der Waals surface area contributed by atoms with E-state index < -0.39 is 5.82 Å². The molecule has 0 fully saturated rings. The quantitative estimate of drug-likeness (QED) is 0.846. The summed E-state index contributed by atoms with van der Waals surface area (Å²) in [7, 11) is 0. The average molecular weight is 306 g/mol.